The summed E-state index contributed by atoms with van der Waals surface area (Å²) < 4.78 is 5.51. The third-order valence-corrected chi connectivity index (χ3v) is 18.0. The van der Waals surface area contributed by atoms with E-state index in [1.807, 2.05) is 0 Å². The number of unbranched alkanes of at least 4 members (excludes halogenated alkanes) is 57. The summed E-state index contributed by atoms with van der Waals surface area (Å²) in [6.07, 6.45) is 92.6. The quantitative estimate of drug-likeness (QED) is 0.0320. The molecule has 0 aliphatic heterocycles. The molecule has 6 heteroatoms. The third kappa shape index (κ3) is 69.3. The number of allylic oxidation sites excluding steroid dienone is 4. The summed E-state index contributed by atoms with van der Waals surface area (Å²) in [6.45, 7) is 4.97. The van der Waals surface area contributed by atoms with Crippen LogP contribution in [0, 0.1) is 0 Å². The normalized spacial score (nSPS) is 12.6. The second-order valence-corrected chi connectivity index (χ2v) is 26.3. The second kappa shape index (κ2) is 72.8. The van der Waals surface area contributed by atoms with Crippen LogP contribution in [-0.2, 0) is 14.3 Å². The average molecular weight is 1170 g/mol. The van der Waals surface area contributed by atoms with Crippen LogP contribution >= 0.6 is 0 Å². The minimum absolute atomic E-state index is 0.0187. The van der Waals surface area contributed by atoms with Crippen LogP contribution in [0.5, 0.6) is 0 Å². The van der Waals surface area contributed by atoms with Crippen LogP contribution in [0.4, 0.5) is 0 Å². The van der Waals surface area contributed by atoms with Gasteiger partial charge in [0.15, 0.2) is 0 Å². The molecule has 0 rings (SSSR count). The van der Waals surface area contributed by atoms with Crippen molar-refractivity contribution >= 4 is 11.9 Å². The maximum absolute atomic E-state index is 12.5. The molecule has 0 bridgehead atoms. The highest BCUT2D eigenvalue weighted by molar-refractivity contribution is 5.76. The minimum Gasteiger partial charge on any atom is -0.466 e. The molecule has 0 aromatic heterocycles. The number of carbonyl (C=O) groups is 2. The van der Waals surface area contributed by atoms with Gasteiger partial charge in [-0.25, -0.2) is 0 Å². The Kier molecular flexibility index (Phi) is 71.4. The van der Waals surface area contributed by atoms with Gasteiger partial charge in [-0.3, -0.25) is 9.59 Å². The molecule has 0 fully saturated rings. The Balaban J connectivity index is 3.30. The van der Waals surface area contributed by atoms with Crippen molar-refractivity contribution < 1.29 is 24.5 Å². The lowest BCUT2D eigenvalue weighted by molar-refractivity contribution is -0.143. The van der Waals surface area contributed by atoms with Gasteiger partial charge in [0, 0.05) is 12.8 Å². The summed E-state index contributed by atoms with van der Waals surface area (Å²) in [5.41, 5.74) is 0. The van der Waals surface area contributed by atoms with Crippen molar-refractivity contribution in [3.8, 4) is 0 Å². The molecule has 2 unspecified atom stereocenters. The van der Waals surface area contributed by atoms with Gasteiger partial charge in [0.1, 0.15) is 0 Å². The van der Waals surface area contributed by atoms with E-state index in [1.54, 1.807) is 0 Å². The average Bonchev–Trinajstić information content (AvgIpc) is 3.49. The summed E-state index contributed by atoms with van der Waals surface area (Å²) in [6, 6.07) is -0.537. The van der Waals surface area contributed by atoms with Crippen molar-refractivity contribution in [3.05, 3.63) is 24.3 Å². The van der Waals surface area contributed by atoms with Crippen molar-refractivity contribution in [1.82, 2.24) is 5.32 Å². The van der Waals surface area contributed by atoms with Crippen molar-refractivity contribution in [2.75, 3.05) is 13.2 Å². The maximum atomic E-state index is 12.5. The monoisotopic (exact) mass is 1170 g/mol. The van der Waals surface area contributed by atoms with Gasteiger partial charge in [-0.05, 0) is 57.8 Å². The van der Waals surface area contributed by atoms with Crippen molar-refractivity contribution in [2.45, 2.75) is 443 Å². The number of esters is 1. The van der Waals surface area contributed by atoms with Gasteiger partial charge in [0.25, 0.3) is 0 Å². The second-order valence-electron chi connectivity index (χ2n) is 26.3. The van der Waals surface area contributed by atoms with E-state index in [2.05, 4.69) is 43.5 Å². The molecule has 1 amide bonds. The van der Waals surface area contributed by atoms with E-state index < -0.39 is 12.1 Å². The van der Waals surface area contributed by atoms with Crippen molar-refractivity contribution in [3.63, 3.8) is 0 Å². The lowest BCUT2D eigenvalue weighted by atomic mass is 10.0. The highest BCUT2D eigenvalue weighted by Gasteiger charge is 2.20. The van der Waals surface area contributed by atoms with Crippen molar-refractivity contribution in [2.24, 2.45) is 0 Å². The topological polar surface area (TPSA) is 95.9 Å². The first kappa shape index (κ1) is 81.3. The zero-order chi connectivity index (χ0) is 59.9. The molecular formula is C77H149NO5. The van der Waals surface area contributed by atoms with E-state index in [1.165, 1.54) is 353 Å². The van der Waals surface area contributed by atoms with Crippen LogP contribution in [-0.4, -0.2) is 47.4 Å². The summed E-state index contributed by atoms with van der Waals surface area (Å²) in [5, 5.41) is 23.3. The van der Waals surface area contributed by atoms with E-state index in [0.717, 1.165) is 44.9 Å². The summed E-state index contributed by atoms with van der Waals surface area (Å²) in [7, 11) is 0. The standard InChI is InChI=1S/C77H149NO5/c1-3-5-7-9-11-13-15-17-19-20-36-40-43-47-51-55-59-63-67-71-77(82)83-72-68-64-60-56-52-48-44-41-38-35-33-31-29-27-25-23-21-22-24-26-28-30-32-34-37-39-42-46-50-54-58-62-66-70-76(81)78-74(73-79)75(80)69-65-61-57-53-49-45-18-16-14-12-10-8-6-4-2/h11,13,17,19,74-75,79-80H,3-10,12,14-16,18,20-73H2,1-2H3,(H,78,81)/b13-11-,19-17-. The molecular weight excluding hydrogens is 1020 g/mol. The highest BCUT2D eigenvalue weighted by atomic mass is 16.5. The smallest absolute Gasteiger partial charge is 0.305 e. The first-order valence-electron chi connectivity index (χ1n) is 38.1. The Morgan fingerprint density at radius 1 is 0.337 bits per heavy atom. The number of hydrogen-bond donors (Lipinski definition) is 3. The summed E-state index contributed by atoms with van der Waals surface area (Å²) in [5.74, 6) is -0.00841. The van der Waals surface area contributed by atoms with E-state index in [4.69, 9.17) is 4.74 Å². The Labute approximate surface area is 520 Å². The molecule has 0 radical (unpaired) electrons. The lowest BCUT2D eigenvalue weighted by Gasteiger charge is -2.22. The Bertz CT molecular complexity index is 1300. The molecule has 0 spiro atoms. The van der Waals surface area contributed by atoms with E-state index >= 15 is 0 Å². The number of amides is 1. The Hall–Kier alpha value is -1.66. The van der Waals surface area contributed by atoms with E-state index in [-0.39, 0.29) is 18.5 Å². The van der Waals surface area contributed by atoms with Crippen LogP contribution < -0.4 is 5.32 Å². The Morgan fingerprint density at radius 3 is 0.940 bits per heavy atom. The first-order chi connectivity index (χ1) is 41.0. The Morgan fingerprint density at radius 2 is 0.602 bits per heavy atom. The highest BCUT2D eigenvalue weighted by Crippen LogP contribution is 2.20. The fourth-order valence-corrected chi connectivity index (χ4v) is 12.2. The summed E-state index contributed by atoms with van der Waals surface area (Å²) in [4.78, 5) is 24.6. The number of hydrogen-bond acceptors (Lipinski definition) is 5. The van der Waals surface area contributed by atoms with Crippen LogP contribution in [0.3, 0.4) is 0 Å². The van der Waals surface area contributed by atoms with Crippen LogP contribution in [0.1, 0.15) is 431 Å². The van der Waals surface area contributed by atoms with Gasteiger partial charge in [0.2, 0.25) is 5.91 Å². The molecule has 3 N–H and O–H groups in total. The molecule has 492 valence electrons. The summed E-state index contributed by atoms with van der Waals surface area (Å²) >= 11 is 0. The van der Waals surface area contributed by atoms with E-state index in [0.29, 0.717) is 25.9 Å². The molecule has 0 aromatic rings. The zero-order valence-corrected chi connectivity index (χ0v) is 56.5. The molecule has 0 saturated heterocycles. The molecule has 0 aliphatic carbocycles. The SMILES string of the molecule is CCCCC/C=C\C/C=C\CCCCCCCCCCCC(=O)OCCCCCCCCCCCCCCCCCCCCCCCCCCCCCCCCCCCC(=O)NC(CO)C(O)CCCCCCCCCCCCCCCC. The van der Waals surface area contributed by atoms with Gasteiger partial charge < -0.3 is 20.3 Å². The largest absolute Gasteiger partial charge is 0.466 e. The predicted molar refractivity (Wildman–Crippen MR) is 366 cm³/mol. The van der Waals surface area contributed by atoms with Gasteiger partial charge in [-0.1, -0.05) is 385 Å². The number of nitrogens with one attached hydrogen (secondary N) is 1. The number of ether oxygens (including phenoxy) is 1. The van der Waals surface area contributed by atoms with Gasteiger partial charge in [0.05, 0.1) is 25.4 Å². The van der Waals surface area contributed by atoms with Crippen LogP contribution in [0.2, 0.25) is 0 Å². The lowest BCUT2D eigenvalue weighted by Crippen LogP contribution is -2.45. The molecule has 6 nitrogen and oxygen atoms in total. The van der Waals surface area contributed by atoms with Crippen LogP contribution in [0.15, 0.2) is 24.3 Å². The van der Waals surface area contributed by atoms with Crippen LogP contribution in [0.25, 0.3) is 0 Å². The first-order valence-corrected chi connectivity index (χ1v) is 38.1. The number of aliphatic hydroxyl groups excluding tert-OH is 2. The number of aliphatic hydroxyl groups is 2. The van der Waals surface area contributed by atoms with Crippen molar-refractivity contribution in [1.29, 1.82) is 0 Å². The van der Waals surface area contributed by atoms with Gasteiger partial charge >= 0.3 is 5.97 Å². The van der Waals surface area contributed by atoms with Gasteiger partial charge in [-0.2, -0.15) is 0 Å². The molecule has 0 aromatic carbocycles. The zero-order valence-electron chi connectivity index (χ0n) is 56.5. The molecule has 2 atom stereocenters. The number of rotatable bonds is 72. The molecule has 83 heavy (non-hydrogen) atoms. The molecule has 0 saturated carbocycles. The molecule has 0 heterocycles. The number of carbonyl (C=O) groups excluding carboxylic acids is 2. The maximum Gasteiger partial charge on any atom is 0.305 e. The third-order valence-electron chi connectivity index (χ3n) is 18.0. The predicted octanol–water partition coefficient (Wildman–Crippen LogP) is 24.9. The van der Waals surface area contributed by atoms with E-state index in [9.17, 15) is 19.8 Å². The minimum atomic E-state index is -0.660. The molecule has 0 aliphatic rings. The fourth-order valence-electron chi connectivity index (χ4n) is 12.2. The van der Waals surface area contributed by atoms with Gasteiger partial charge in [-0.15, -0.1) is 0 Å². The fraction of sp³-hybridized carbons (Fsp3) is 0.922.